The second-order valence-corrected chi connectivity index (χ2v) is 3.72. The maximum Gasteiger partial charge on any atom is 0.433 e. The van der Waals surface area contributed by atoms with Crippen LogP contribution in [0.2, 0.25) is 0 Å². The SMILES string of the molecule is C=C(F)C(F)(F)OC(F)(F)C(F)(F)C(F)(F)OC(F)(F)CC. The standard InChI is InChI=1S/C9H7F11O2/c1-3-5(11,12)21-8(17,18)7(15,16)9(19,20)22-6(13,14)4(2)10/h2-3H2,1H3. The maximum atomic E-state index is 12.9. The van der Waals surface area contributed by atoms with Gasteiger partial charge in [0, 0.05) is 6.42 Å². The van der Waals surface area contributed by atoms with Gasteiger partial charge in [-0.2, -0.15) is 43.9 Å². The van der Waals surface area contributed by atoms with Crippen LogP contribution in [0.4, 0.5) is 48.3 Å². The first-order chi connectivity index (χ1) is 9.42. The molecule has 0 N–H and O–H groups in total. The van der Waals surface area contributed by atoms with Crippen molar-refractivity contribution in [1.82, 2.24) is 0 Å². The minimum Gasteiger partial charge on any atom is -0.250 e. The molecule has 0 spiro atoms. The van der Waals surface area contributed by atoms with Crippen LogP contribution in [0.15, 0.2) is 12.4 Å². The molecule has 0 atom stereocenters. The molecule has 13 heteroatoms. The Morgan fingerprint density at radius 2 is 1.18 bits per heavy atom. The Balaban J connectivity index is 5.55. The second kappa shape index (κ2) is 5.83. The lowest BCUT2D eigenvalue weighted by Gasteiger charge is -2.34. The molecule has 2 nitrogen and oxygen atoms in total. The van der Waals surface area contributed by atoms with Crippen LogP contribution in [0, 0.1) is 0 Å². The summed E-state index contributed by atoms with van der Waals surface area (Å²) in [6.07, 6.45) is -25.8. The smallest absolute Gasteiger partial charge is 0.250 e. The van der Waals surface area contributed by atoms with E-state index in [0.717, 1.165) is 0 Å². The maximum absolute atomic E-state index is 12.9. The molecular formula is C9H7F11O2. The lowest BCUT2D eigenvalue weighted by atomic mass is 10.3. The Kier molecular flexibility index (Phi) is 5.54. The molecule has 0 saturated heterocycles. The van der Waals surface area contributed by atoms with Crippen LogP contribution >= 0.6 is 0 Å². The highest BCUT2D eigenvalue weighted by atomic mass is 19.4. The Bertz CT molecular complexity index is 418. The van der Waals surface area contributed by atoms with Crippen LogP contribution < -0.4 is 0 Å². The zero-order valence-electron chi connectivity index (χ0n) is 10.4. The summed E-state index contributed by atoms with van der Waals surface area (Å²) in [6, 6.07) is 0. The first kappa shape index (κ1) is 20.9. The van der Waals surface area contributed by atoms with Gasteiger partial charge in [-0.1, -0.05) is 13.5 Å². The van der Waals surface area contributed by atoms with Gasteiger partial charge in [0.1, 0.15) is 0 Å². The van der Waals surface area contributed by atoms with E-state index in [2.05, 4.69) is 4.74 Å². The predicted molar refractivity (Wildman–Crippen MR) is 47.4 cm³/mol. The molecule has 0 fully saturated rings. The van der Waals surface area contributed by atoms with E-state index in [1.54, 1.807) is 6.58 Å². The zero-order valence-corrected chi connectivity index (χ0v) is 10.4. The van der Waals surface area contributed by atoms with Gasteiger partial charge in [0.25, 0.3) is 0 Å². The van der Waals surface area contributed by atoms with Gasteiger partial charge in [-0.3, -0.25) is 4.74 Å². The lowest BCUT2D eigenvalue weighted by molar-refractivity contribution is -0.507. The molecule has 0 rings (SSSR count). The topological polar surface area (TPSA) is 18.5 Å². The Hall–Kier alpha value is -1.11. The largest absolute Gasteiger partial charge is 0.433 e. The molecule has 0 bridgehead atoms. The van der Waals surface area contributed by atoms with Gasteiger partial charge in [0.2, 0.25) is 0 Å². The minimum atomic E-state index is -6.99. The van der Waals surface area contributed by atoms with Gasteiger partial charge < -0.3 is 0 Å². The number of hydrogen-bond donors (Lipinski definition) is 0. The van der Waals surface area contributed by atoms with E-state index < -0.39 is 42.6 Å². The van der Waals surface area contributed by atoms with Crippen molar-refractivity contribution >= 4 is 0 Å². The van der Waals surface area contributed by atoms with Crippen molar-refractivity contribution in [1.29, 1.82) is 0 Å². The van der Waals surface area contributed by atoms with Gasteiger partial charge in [-0.15, -0.1) is 0 Å². The van der Waals surface area contributed by atoms with Gasteiger partial charge in [0.05, 0.1) is 0 Å². The third-order valence-electron chi connectivity index (χ3n) is 1.99. The predicted octanol–water partition coefficient (Wildman–Crippen LogP) is 4.92. The molecule has 132 valence electrons. The fourth-order valence-electron chi connectivity index (χ4n) is 0.774. The van der Waals surface area contributed by atoms with Crippen molar-refractivity contribution in [2.24, 2.45) is 0 Å². The van der Waals surface area contributed by atoms with Gasteiger partial charge >= 0.3 is 30.4 Å². The van der Waals surface area contributed by atoms with Crippen molar-refractivity contribution in [3.8, 4) is 0 Å². The van der Waals surface area contributed by atoms with Crippen molar-refractivity contribution in [3.63, 3.8) is 0 Å². The Morgan fingerprint density at radius 1 is 0.818 bits per heavy atom. The quantitative estimate of drug-likeness (QED) is 0.575. The van der Waals surface area contributed by atoms with Crippen molar-refractivity contribution in [2.45, 2.75) is 43.7 Å². The molecule has 0 aliphatic heterocycles. The third-order valence-corrected chi connectivity index (χ3v) is 1.99. The monoisotopic (exact) mass is 356 g/mol. The number of ether oxygens (including phenoxy) is 2. The summed E-state index contributed by atoms with van der Waals surface area (Å²) >= 11 is 0. The molecule has 22 heavy (non-hydrogen) atoms. The van der Waals surface area contributed by atoms with E-state index in [4.69, 9.17) is 0 Å². The fourth-order valence-corrected chi connectivity index (χ4v) is 0.774. The van der Waals surface area contributed by atoms with Crippen LogP contribution in [-0.2, 0) is 9.47 Å². The number of hydrogen-bond acceptors (Lipinski definition) is 2. The minimum absolute atomic E-state index is 0.476. The average Bonchev–Trinajstić information content (AvgIpc) is 2.25. The fraction of sp³-hybridized carbons (Fsp3) is 0.778. The molecule has 0 heterocycles. The molecule has 0 amide bonds. The summed E-state index contributed by atoms with van der Waals surface area (Å²) < 4.78 is 143. The van der Waals surface area contributed by atoms with Crippen LogP contribution in [0.5, 0.6) is 0 Å². The summed E-state index contributed by atoms with van der Waals surface area (Å²) in [5.41, 5.74) is 0. The van der Waals surface area contributed by atoms with Crippen molar-refractivity contribution < 1.29 is 57.8 Å². The van der Waals surface area contributed by atoms with Crippen molar-refractivity contribution in [3.05, 3.63) is 12.4 Å². The van der Waals surface area contributed by atoms with Gasteiger partial charge in [-0.05, 0) is 0 Å². The first-order valence-electron chi connectivity index (χ1n) is 5.06. The first-order valence-corrected chi connectivity index (χ1v) is 5.06. The van der Waals surface area contributed by atoms with Crippen LogP contribution in [-0.4, -0.2) is 30.4 Å². The number of rotatable bonds is 8. The molecule has 0 aliphatic rings. The number of alkyl halides is 10. The Labute approximate surface area is 115 Å². The second-order valence-electron chi connectivity index (χ2n) is 3.72. The molecule has 0 aromatic rings. The van der Waals surface area contributed by atoms with Crippen LogP contribution in [0.25, 0.3) is 0 Å². The van der Waals surface area contributed by atoms with Gasteiger partial charge in [-0.25, -0.2) is 9.13 Å². The normalized spacial score (nSPS) is 15.1. The van der Waals surface area contributed by atoms with Crippen LogP contribution in [0.1, 0.15) is 13.3 Å². The molecule has 0 radical (unpaired) electrons. The highest BCUT2D eigenvalue weighted by Gasteiger charge is 2.78. The van der Waals surface area contributed by atoms with E-state index in [1.165, 1.54) is 0 Å². The summed E-state index contributed by atoms with van der Waals surface area (Å²) in [6.45, 7) is 2.25. The molecular weight excluding hydrogens is 349 g/mol. The van der Waals surface area contributed by atoms with E-state index in [1.807, 2.05) is 4.74 Å². The van der Waals surface area contributed by atoms with Gasteiger partial charge in [0.15, 0.2) is 5.83 Å². The highest BCUT2D eigenvalue weighted by Crippen LogP contribution is 2.51. The molecule has 0 unspecified atom stereocenters. The third kappa shape index (κ3) is 4.21. The molecule has 0 saturated carbocycles. The summed E-state index contributed by atoms with van der Waals surface area (Å²) in [4.78, 5) is 0. The molecule has 0 aromatic carbocycles. The van der Waals surface area contributed by atoms with E-state index in [-0.39, 0.29) is 0 Å². The summed E-state index contributed by atoms with van der Waals surface area (Å²) in [7, 11) is 0. The van der Waals surface area contributed by atoms with E-state index >= 15 is 0 Å². The molecule has 0 aliphatic carbocycles. The lowest BCUT2D eigenvalue weighted by Crippen LogP contribution is -2.59. The molecule has 0 aromatic heterocycles. The highest BCUT2D eigenvalue weighted by molar-refractivity contribution is 4.94. The zero-order chi connectivity index (χ0) is 18.2. The average molecular weight is 356 g/mol. The van der Waals surface area contributed by atoms with E-state index in [0.29, 0.717) is 6.92 Å². The number of halogens is 11. The Morgan fingerprint density at radius 3 is 1.50 bits per heavy atom. The van der Waals surface area contributed by atoms with E-state index in [9.17, 15) is 48.3 Å². The summed E-state index contributed by atoms with van der Waals surface area (Å²) in [5, 5.41) is 0. The van der Waals surface area contributed by atoms with Crippen LogP contribution in [0.3, 0.4) is 0 Å². The van der Waals surface area contributed by atoms with Crippen molar-refractivity contribution in [2.75, 3.05) is 0 Å². The summed E-state index contributed by atoms with van der Waals surface area (Å²) in [5.74, 6) is -10.00.